The summed E-state index contributed by atoms with van der Waals surface area (Å²) in [6, 6.07) is 0.746. The smallest absolute Gasteiger partial charge is 0.0192 e. The number of piperazine rings is 1. The first kappa shape index (κ1) is 11.0. The highest BCUT2D eigenvalue weighted by Gasteiger charge is 2.16. The molecule has 0 spiro atoms. The number of unbranched alkanes of at least 4 members (excludes halogenated alkanes) is 2. The number of nitrogens with zero attached hydrogens (tertiary/aromatic N) is 1. The highest BCUT2D eigenvalue weighted by Crippen LogP contribution is 2.04. The molecule has 0 aliphatic carbocycles. The van der Waals surface area contributed by atoms with Gasteiger partial charge in [0.05, 0.1) is 0 Å². The van der Waals surface area contributed by atoms with Crippen LogP contribution in [0, 0.1) is 0 Å². The Hall–Kier alpha value is -0.0800. The van der Waals surface area contributed by atoms with Gasteiger partial charge in [0.25, 0.3) is 0 Å². The standard InChI is InChI=1S/C11H24N2/c1-3-5-6-8-13-9-7-12-11(4-2)10-13/h11-12H,3-10H2,1-2H3. The molecule has 0 saturated carbocycles. The zero-order valence-electron chi connectivity index (χ0n) is 9.18. The zero-order chi connectivity index (χ0) is 9.52. The molecule has 0 aromatic carbocycles. The minimum Gasteiger partial charge on any atom is -0.311 e. The van der Waals surface area contributed by atoms with E-state index in [9.17, 15) is 0 Å². The Balaban J connectivity index is 2.11. The Morgan fingerprint density at radius 3 is 2.85 bits per heavy atom. The van der Waals surface area contributed by atoms with Crippen molar-refractivity contribution in [2.45, 2.75) is 45.6 Å². The molecule has 0 amide bonds. The van der Waals surface area contributed by atoms with Gasteiger partial charge < -0.3 is 10.2 Å². The third kappa shape index (κ3) is 4.10. The van der Waals surface area contributed by atoms with E-state index in [2.05, 4.69) is 24.1 Å². The third-order valence-corrected chi connectivity index (χ3v) is 2.91. The van der Waals surface area contributed by atoms with Crippen molar-refractivity contribution in [3.05, 3.63) is 0 Å². The lowest BCUT2D eigenvalue weighted by atomic mass is 10.1. The van der Waals surface area contributed by atoms with Crippen LogP contribution < -0.4 is 5.32 Å². The van der Waals surface area contributed by atoms with Crippen LogP contribution in [0.25, 0.3) is 0 Å². The second-order valence-electron chi connectivity index (χ2n) is 4.07. The molecule has 13 heavy (non-hydrogen) atoms. The van der Waals surface area contributed by atoms with Crippen molar-refractivity contribution < 1.29 is 0 Å². The second-order valence-corrected chi connectivity index (χ2v) is 4.07. The molecule has 1 atom stereocenters. The van der Waals surface area contributed by atoms with Gasteiger partial charge in [0, 0.05) is 25.7 Å². The first-order chi connectivity index (χ1) is 6.36. The van der Waals surface area contributed by atoms with E-state index in [1.165, 1.54) is 51.9 Å². The average Bonchev–Trinajstić information content (AvgIpc) is 2.19. The summed E-state index contributed by atoms with van der Waals surface area (Å²) in [4.78, 5) is 2.61. The molecule has 1 N–H and O–H groups in total. The number of rotatable bonds is 5. The summed E-state index contributed by atoms with van der Waals surface area (Å²) in [7, 11) is 0. The van der Waals surface area contributed by atoms with Gasteiger partial charge in [0.1, 0.15) is 0 Å². The molecule has 1 heterocycles. The van der Waals surface area contributed by atoms with Crippen LogP contribution in [0.4, 0.5) is 0 Å². The monoisotopic (exact) mass is 184 g/mol. The van der Waals surface area contributed by atoms with E-state index in [0.29, 0.717) is 0 Å². The van der Waals surface area contributed by atoms with Crippen molar-refractivity contribution in [2.75, 3.05) is 26.2 Å². The molecule has 1 aliphatic heterocycles. The molecule has 2 nitrogen and oxygen atoms in total. The molecule has 0 aromatic heterocycles. The highest BCUT2D eigenvalue weighted by molar-refractivity contribution is 4.76. The van der Waals surface area contributed by atoms with E-state index in [0.717, 1.165) is 6.04 Å². The van der Waals surface area contributed by atoms with Gasteiger partial charge in [0.2, 0.25) is 0 Å². The summed E-state index contributed by atoms with van der Waals surface area (Å²) >= 11 is 0. The van der Waals surface area contributed by atoms with Crippen LogP contribution in [0.1, 0.15) is 39.5 Å². The minimum absolute atomic E-state index is 0.746. The Kier molecular flexibility index (Phi) is 5.40. The zero-order valence-corrected chi connectivity index (χ0v) is 9.18. The van der Waals surface area contributed by atoms with Crippen LogP contribution in [-0.2, 0) is 0 Å². The van der Waals surface area contributed by atoms with Crippen LogP contribution >= 0.6 is 0 Å². The molecule has 2 heteroatoms. The first-order valence-electron chi connectivity index (χ1n) is 5.82. The van der Waals surface area contributed by atoms with Crippen molar-refractivity contribution in [3.8, 4) is 0 Å². The number of hydrogen-bond acceptors (Lipinski definition) is 2. The molecule has 0 bridgehead atoms. The average molecular weight is 184 g/mol. The molecular weight excluding hydrogens is 160 g/mol. The van der Waals surface area contributed by atoms with Gasteiger partial charge in [-0.25, -0.2) is 0 Å². The molecular formula is C11H24N2. The summed E-state index contributed by atoms with van der Waals surface area (Å²) in [5.41, 5.74) is 0. The van der Waals surface area contributed by atoms with Gasteiger partial charge in [-0.15, -0.1) is 0 Å². The fourth-order valence-corrected chi connectivity index (χ4v) is 1.96. The maximum Gasteiger partial charge on any atom is 0.0192 e. The Morgan fingerprint density at radius 2 is 2.15 bits per heavy atom. The van der Waals surface area contributed by atoms with E-state index in [1.54, 1.807) is 0 Å². The predicted octanol–water partition coefficient (Wildman–Crippen LogP) is 1.86. The topological polar surface area (TPSA) is 15.3 Å². The van der Waals surface area contributed by atoms with E-state index in [4.69, 9.17) is 0 Å². The fourth-order valence-electron chi connectivity index (χ4n) is 1.96. The molecule has 1 unspecified atom stereocenters. The third-order valence-electron chi connectivity index (χ3n) is 2.91. The van der Waals surface area contributed by atoms with Crippen LogP contribution in [0.2, 0.25) is 0 Å². The van der Waals surface area contributed by atoms with Crippen LogP contribution in [-0.4, -0.2) is 37.1 Å². The molecule has 1 fully saturated rings. The maximum atomic E-state index is 3.55. The van der Waals surface area contributed by atoms with Crippen molar-refractivity contribution in [1.82, 2.24) is 10.2 Å². The van der Waals surface area contributed by atoms with Crippen molar-refractivity contribution in [2.24, 2.45) is 0 Å². The lowest BCUT2D eigenvalue weighted by Crippen LogP contribution is -2.50. The van der Waals surface area contributed by atoms with E-state index in [1.807, 2.05) is 0 Å². The van der Waals surface area contributed by atoms with Gasteiger partial charge in [0.15, 0.2) is 0 Å². The minimum atomic E-state index is 0.746. The molecule has 0 radical (unpaired) electrons. The van der Waals surface area contributed by atoms with Crippen LogP contribution in [0.3, 0.4) is 0 Å². The highest BCUT2D eigenvalue weighted by atomic mass is 15.2. The Morgan fingerprint density at radius 1 is 1.31 bits per heavy atom. The van der Waals surface area contributed by atoms with Crippen LogP contribution in [0.15, 0.2) is 0 Å². The SMILES string of the molecule is CCCCCN1CCNC(CC)C1. The normalized spacial score (nSPS) is 24.9. The quantitative estimate of drug-likeness (QED) is 0.656. The predicted molar refractivity (Wildman–Crippen MR) is 58.0 cm³/mol. The van der Waals surface area contributed by atoms with Gasteiger partial charge in [-0.05, 0) is 19.4 Å². The van der Waals surface area contributed by atoms with Gasteiger partial charge >= 0.3 is 0 Å². The molecule has 78 valence electrons. The molecule has 1 aliphatic rings. The number of nitrogens with one attached hydrogen (secondary N) is 1. The van der Waals surface area contributed by atoms with E-state index >= 15 is 0 Å². The maximum absolute atomic E-state index is 3.55. The lowest BCUT2D eigenvalue weighted by molar-refractivity contribution is 0.194. The summed E-state index contributed by atoms with van der Waals surface area (Å²) in [6.07, 6.45) is 5.38. The first-order valence-corrected chi connectivity index (χ1v) is 5.82. The van der Waals surface area contributed by atoms with Crippen molar-refractivity contribution in [3.63, 3.8) is 0 Å². The number of hydrogen-bond donors (Lipinski definition) is 1. The molecule has 1 rings (SSSR count). The van der Waals surface area contributed by atoms with Crippen LogP contribution in [0.5, 0.6) is 0 Å². The lowest BCUT2D eigenvalue weighted by Gasteiger charge is -2.33. The fraction of sp³-hybridized carbons (Fsp3) is 1.00. The van der Waals surface area contributed by atoms with E-state index in [-0.39, 0.29) is 0 Å². The Labute approximate surface area is 82.7 Å². The van der Waals surface area contributed by atoms with Gasteiger partial charge in [-0.3, -0.25) is 0 Å². The summed E-state index contributed by atoms with van der Waals surface area (Å²) in [6.45, 7) is 9.55. The Bertz CT molecular complexity index is 125. The largest absolute Gasteiger partial charge is 0.311 e. The van der Waals surface area contributed by atoms with E-state index < -0.39 is 0 Å². The van der Waals surface area contributed by atoms with Crippen molar-refractivity contribution in [1.29, 1.82) is 0 Å². The van der Waals surface area contributed by atoms with Crippen molar-refractivity contribution >= 4 is 0 Å². The van der Waals surface area contributed by atoms with Gasteiger partial charge in [-0.1, -0.05) is 26.7 Å². The molecule has 1 saturated heterocycles. The second kappa shape index (κ2) is 6.39. The summed E-state index contributed by atoms with van der Waals surface area (Å²) < 4.78 is 0. The molecule has 0 aromatic rings. The van der Waals surface area contributed by atoms with Gasteiger partial charge in [-0.2, -0.15) is 0 Å². The summed E-state index contributed by atoms with van der Waals surface area (Å²) in [5, 5.41) is 3.55. The summed E-state index contributed by atoms with van der Waals surface area (Å²) in [5.74, 6) is 0.